The second-order valence-electron chi connectivity index (χ2n) is 4.35. The molecule has 3 nitrogen and oxygen atoms in total. The Morgan fingerprint density at radius 3 is 3.20 bits per heavy atom. The first-order chi connectivity index (χ1) is 7.34. The summed E-state index contributed by atoms with van der Waals surface area (Å²) in [6.45, 7) is 3.32. The molecule has 2 heterocycles. The number of nitrogens with zero attached hydrogens (tertiary/aromatic N) is 1. The molecule has 0 amide bonds. The molecule has 0 saturated heterocycles. The van der Waals surface area contributed by atoms with Crippen LogP contribution in [0.5, 0.6) is 0 Å². The fourth-order valence-corrected chi connectivity index (χ4v) is 1.95. The molecule has 78 valence electrons. The van der Waals surface area contributed by atoms with Gasteiger partial charge in [-0.2, -0.15) is 0 Å². The number of pyridine rings is 1. The molecule has 0 aliphatic heterocycles. The highest BCUT2D eigenvalue weighted by molar-refractivity contribution is 5.87. The van der Waals surface area contributed by atoms with Gasteiger partial charge in [-0.15, -0.1) is 0 Å². The zero-order chi connectivity index (χ0) is 10.3. The maximum absolute atomic E-state index is 5.32. The average molecular weight is 202 g/mol. The summed E-state index contributed by atoms with van der Waals surface area (Å²) in [5.41, 5.74) is 0.899. The van der Waals surface area contributed by atoms with Crippen LogP contribution in [0.25, 0.3) is 11.0 Å². The van der Waals surface area contributed by atoms with Gasteiger partial charge in [0.2, 0.25) is 0 Å². The molecule has 15 heavy (non-hydrogen) atoms. The van der Waals surface area contributed by atoms with Crippen LogP contribution in [0.2, 0.25) is 0 Å². The SMILES string of the molecule is CC1CC1CNc1nccc2occc12. The van der Waals surface area contributed by atoms with Crippen molar-refractivity contribution in [3.8, 4) is 0 Å². The number of hydrogen-bond donors (Lipinski definition) is 1. The third kappa shape index (κ3) is 1.58. The smallest absolute Gasteiger partial charge is 0.139 e. The summed E-state index contributed by atoms with van der Waals surface area (Å²) in [4.78, 5) is 4.33. The second-order valence-corrected chi connectivity index (χ2v) is 4.35. The molecule has 1 aliphatic carbocycles. The molecule has 1 saturated carbocycles. The van der Waals surface area contributed by atoms with Gasteiger partial charge in [0.15, 0.2) is 0 Å². The summed E-state index contributed by atoms with van der Waals surface area (Å²) in [5, 5.41) is 4.47. The maximum Gasteiger partial charge on any atom is 0.139 e. The minimum Gasteiger partial charge on any atom is -0.464 e. The van der Waals surface area contributed by atoms with Gasteiger partial charge in [0.1, 0.15) is 11.4 Å². The molecule has 3 heteroatoms. The number of aromatic nitrogens is 1. The van der Waals surface area contributed by atoms with E-state index in [-0.39, 0.29) is 0 Å². The highest BCUT2D eigenvalue weighted by Gasteiger charge is 2.32. The van der Waals surface area contributed by atoms with Crippen molar-refractivity contribution in [2.24, 2.45) is 11.8 Å². The van der Waals surface area contributed by atoms with E-state index in [1.54, 1.807) is 12.5 Å². The lowest BCUT2D eigenvalue weighted by Gasteiger charge is -2.04. The summed E-state index contributed by atoms with van der Waals surface area (Å²) in [6.07, 6.45) is 4.83. The third-order valence-electron chi connectivity index (χ3n) is 3.19. The first-order valence-electron chi connectivity index (χ1n) is 5.40. The number of fused-ring (bicyclic) bond motifs is 1. The number of hydrogen-bond acceptors (Lipinski definition) is 3. The molecule has 1 fully saturated rings. The fraction of sp³-hybridized carbons (Fsp3) is 0.417. The van der Waals surface area contributed by atoms with Gasteiger partial charge in [0.25, 0.3) is 0 Å². The monoisotopic (exact) mass is 202 g/mol. The minimum absolute atomic E-state index is 0.828. The quantitative estimate of drug-likeness (QED) is 0.831. The molecule has 2 aromatic heterocycles. The second kappa shape index (κ2) is 3.26. The lowest BCUT2D eigenvalue weighted by Crippen LogP contribution is -2.05. The largest absolute Gasteiger partial charge is 0.464 e. The number of furan rings is 1. The van der Waals surface area contributed by atoms with Crippen molar-refractivity contribution in [3.63, 3.8) is 0 Å². The molecule has 2 unspecified atom stereocenters. The highest BCUT2D eigenvalue weighted by Crippen LogP contribution is 2.37. The Balaban J connectivity index is 1.81. The zero-order valence-corrected chi connectivity index (χ0v) is 8.73. The van der Waals surface area contributed by atoms with Crippen LogP contribution in [-0.2, 0) is 0 Å². The Labute approximate surface area is 88.5 Å². The number of anilines is 1. The van der Waals surface area contributed by atoms with E-state index in [9.17, 15) is 0 Å². The van der Waals surface area contributed by atoms with Crippen molar-refractivity contribution < 1.29 is 4.42 Å². The fourth-order valence-electron chi connectivity index (χ4n) is 1.95. The van der Waals surface area contributed by atoms with Crippen molar-refractivity contribution in [3.05, 3.63) is 24.6 Å². The topological polar surface area (TPSA) is 38.1 Å². The molecule has 0 bridgehead atoms. The van der Waals surface area contributed by atoms with Crippen LogP contribution < -0.4 is 5.32 Å². The van der Waals surface area contributed by atoms with E-state index >= 15 is 0 Å². The minimum atomic E-state index is 0.828. The molecule has 0 radical (unpaired) electrons. The van der Waals surface area contributed by atoms with Gasteiger partial charge in [-0.3, -0.25) is 0 Å². The van der Waals surface area contributed by atoms with E-state index in [4.69, 9.17) is 4.42 Å². The summed E-state index contributed by atoms with van der Waals surface area (Å²) in [6, 6.07) is 3.85. The zero-order valence-electron chi connectivity index (χ0n) is 8.73. The third-order valence-corrected chi connectivity index (χ3v) is 3.19. The van der Waals surface area contributed by atoms with Gasteiger partial charge in [0.05, 0.1) is 11.6 Å². The molecule has 1 N–H and O–H groups in total. The van der Waals surface area contributed by atoms with E-state index in [0.29, 0.717) is 0 Å². The van der Waals surface area contributed by atoms with E-state index in [1.807, 2.05) is 12.1 Å². The van der Waals surface area contributed by atoms with Gasteiger partial charge in [-0.25, -0.2) is 4.98 Å². The molecule has 3 rings (SSSR count). The first kappa shape index (κ1) is 8.77. The Morgan fingerprint density at radius 1 is 1.53 bits per heavy atom. The molecule has 0 aromatic carbocycles. The Kier molecular flexibility index (Phi) is 1.91. The number of rotatable bonds is 3. The predicted molar refractivity (Wildman–Crippen MR) is 59.8 cm³/mol. The summed E-state index contributed by atoms with van der Waals surface area (Å²) in [7, 11) is 0. The lowest BCUT2D eigenvalue weighted by atomic mass is 10.3. The summed E-state index contributed by atoms with van der Waals surface area (Å²) in [5.74, 6) is 2.65. The van der Waals surface area contributed by atoms with Crippen LogP contribution in [-0.4, -0.2) is 11.5 Å². The van der Waals surface area contributed by atoms with E-state index in [1.165, 1.54) is 6.42 Å². The van der Waals surface area contributed by atoms with E-state index in [2.05, 4.69) is 17.2 Å². The van der Waals surface area contributed by atoms with Crippen LogP contribution in [0.1, 0.15) is 13.3 Å². The maximum atomic E-state index is 5.32. The van der Waals surface area contributed by atoms with Gasteiger partial charge in [0, 0.05) is 12.7 Å². The van der Waals surface area contributed by atoms with E-state index < -0.39 is 0 Å². The highest BCUT2D eigenvalue weighted by atomic mass is 16.3. The molecular formula is C12H14N2O. The summed E-state index contributed by atoms with van der Waals surface area (Å²) >= 11 is 0. The van der Waals surface area contributed by atoms with Crippen LogP contribution >= 0.6 is 0 Å². The van der Waals surface area contributed by atoms with Gasteiger partial charge in [-0.05, 0) is 30.4 Å². The standard InChI is InChI=1S/C12H14N2O/c1-8-6-9(8)7-14-12-10-3-5-15-11(10)2-4-13-12/h2-5,8-9H,6-7H2,1H3,(H,13,14). The predicted octanol–water partition coefficient (Wildman–Crippen LogP) is 2.90. The van der Waals surface area contributed by atoms with Crippen molar-refractivity contribution in [1.29, 1.82) is 0 Å². The molecule has 1 aliphatic rings. The van der Waals surface area contributed by atoms with Crippen molar-refractivity contribution in [2.75, 3.05) is 11.9 Å². The van der Waals surface area contributed by atoms with E-state index in [0.717, 1.165) is 35.2 Å². The van der Waals surface area contributed by atoms with Crippen LogP contribution in [0.4, 0.5) is 5.82 Å². The molecule has 2 aromatic rings. The molecule has 0 spiro atoms. The van der Waals surface area contributed by atoms with Gasteiger partial charge < -0.3 is 9.73 Å². The number of nitrogens with one attached hydrogen (secondary N) is 1. The van der Waals surface area contributed by atoms with Crippen LogP contribution in [0.3, 0.4) is 0 Å². The average Bonchev–Trinajstić information content (AvgIpc) is 2.78. The first-order valence-corrected chi connectivity index (χ1v) is 5.40. The van der Waals surface area contributed by atoms with Gasteiger partial charge >= 0.3 is 0 Å². The molecule has 2 atom stereocenters. The Morgan fingerprint density at radius 2 is 2.40 bits per heavy atom. The van der Waals surface area contributed by atoms with Crippen molar-refractivity contribution in [1.82, 2.24) is 4.98 Å². The van der Waals surface area contributed by atoms with Crippen LogP contribution in [0.15, 0.2) is 29.0 Å². The Bertz CT molecular complexity index is 477. The Hall–Kier alpha value is -1.51. The lowest BCUT2D eigenvalue weighted by molar-refractivity contribution is 0.615. The summed E-state index contributed by atoms with van der Waals surface area (Å²) < 4.78 is 5.32. The van der Waals surface area contributed by atoms with Gasteiger partial charge in [-0.1, -0.05) is 6.92 Å². The van der Waals surface area contributed by atoms with Crippen LogP contribution in [0, 0.1) is 11.8 Å². The molecular weight excluding hydrogens is 188 g/mol. The normalized spacial score (nSPS) is 24.3. The van der Waals surface area contributed by atoms with Crippen molar-refractivity contribution >= 4 is 16.8 Å². The van der Waals surface area contributed by atoms with Crippen molar-refractivity contribution in [2.45, 2.75) is 13.3 Å².